The Morgan fingerprint density at radius 2 is 1.80 bits per heavy atom. The molecule has 0 radical (unpaired) electrons. The fraction of sp³-hybridized carbons (Fsp3) is 0.312. The van der Waals surface area contributed by atoms with Gasteiger partial charge in [0.15, 0.2) is 0 Å². The van der Waals surface area contributed by atoms with Gasteiger partial charge >= 0.3 is 0 Å². The van der Waals surface area contributed by atoms with E-state index in [1.165, 1.54) is 10.8 Å². The first-order valence-electron chi connectivity index (χ1n) is 7.94. The summed E-state index contributed by atoms with van der Waals surface area (Å²) in [6.07, 6.45) is 1.20. The zero-order chi connectivity index (χ0) is 19.2. The lowest BCUT2D eigenvalue weighted by Gasteiger charge is -2.22. The molecular weight excluding hydrogens is 355 g/mol. The predicted molar refractivity (Wildman–Crippen MR) is 89.0 cm³/mol. The summed E-state index contributed by atoms with van der Waals surface area (Å²) in [6.45, 7) is 5.20. The van der Waals surface area contributed by atoms with Crippen molar-refractivity contribution in [2.75, 3.05) is 5.32 Å². The first-order valence-corrected chi connectivity index (χ1v) is 7.82. The summed E-state index contributed by atoms with van der Waals surface area (Å²) in [4.78, 5) is 7.90. The number of halogens is 4. The van der Waals surface area contributed by atoms with E-state index in [2.05, 4.69) is 20.4 Å². The molecule has 0 aliphatic carbocycles. The number of nitrogens with zero attached hydrogens (tertiary/aromatic N) is 4. The topological polar surface area (TPSA) is 55.1 Å². The molecule has 0 saturated heterocycles. The Labute approximate surface area is 148 Å². The van der Waals surface area contributed by atoms with Crippen molar-refractivity contribution in [2.24, 2.45) is 5.92 Å². The molecule has 5 nitrogen and oxygen atoms in total. The maximum atomic E-state index is 14.4. The zero-order valence-electron chi connectivity index (χ0n) is 14.6. The Morgan fingerprint density at radius 3 is 2.40 bits per heavy atom. The van der Waals surface area contributed by atoms with Gasteiger partial charge in [0.25, 0.3) is 5.78 Å². The van der Waals surface area contributed by atoms with Crippen LogP contribution in [0, 0.1) is 23.4 Å². The molecule has 132 valence electrons. The number of hydrogen-bond acceptors (Lipinski definition) is 4. The van der Waals surface area contributed by atoms with E-state index in [1.807, 2.05) is 0 Å². The van der Waals surface area contributed by atoms with Gasteiger partial charge in [0.1, 0.15) is 34.7 Å². The molecule has 0 fully saturated rings. The van der Waals surface area contributed by atoms with Crippen molar-refractivity contribution in [1.82, 2.24) is 19.6 Å². The van der Waals surface area contributed by atoms with Crippen LogP contribution in [0.15, 0.2) is 18.5 Å². The molecule has 2 aromatic heterocycles. The van der Waals surface area contributed by atoms with Gasteiger partial charge in [-0.05, 0) is 12.8 Å². The van der Waals surface area contributed by atoms with Gasteiger partial charge in [-0.3, -0.25) is 0 Å². The Morgan fingerprint density at radius 1 is 1.16 bits per heavy atom. The van der Waals surface area contributed by atoms with E-state index in [9.17, 15) is 13.2 Å². The van der Waals surface area contributed by atoms with Crippen LogP contribution >= 0.6 is 11.6 Å². The molecule has 1 N–H and O–H groups in total. The summed E-state index contributed by atoms with van der Waals surface area (Å²) in [6, 6.07) is -0.135. The van der Waals surface area contributed by atoms with E-state index in [0.29, 0.717) is 12.1 Å². The molecule has 3 aromatic rings. The van der Waals surface area contributed by atoms with Crippen molar-refractivity contribution in [1.29, 1.82) is 0 Å². The van der Waals surface area contributed by atoms with Crippen molar-refractivity contribution < 1.29 is 14.5 Å². The zero-order valence-corrected chi connectivity index (χ0v) is 14.4. The molecule has 2 heterocycles. The number of benzene rings is 1. The highest BCUT2D eigenvalue weighted by molar-refractivity contribution is 6.33. The molecule has 0 aliphatic heterocycles. The summed E-state index contributed by atoms with van der Waals surface area (Å²) in [5.74, 6) is -3.41. The minimum absolute atomic E-state index is 0.0353. The Balaban J connectivity index is 2.36. The number of anilines is 1. The second-order valence-corrected chi connectivity index (χ2v) is 6.16. The van der Waals surface area contributed by atoms with Gasteiger partial charge in [-0.25, -0.2) is 13.2 Å². The number of hydrogen-bond donors (Lipinski definition) is 1. The molecular formula is C16H15ClF3N5. The number of fused-ring (bicyclic) bond motifs is 1. The summed E-state index contributed by atoms with van der Waals surface area (Å²) in [5.41, 5.74) is -0.734. The maximum absolute atomic E-state index is 14.4. The lowest BCUT2D eigenvalue weighted by Crippen LogP contribution is -2.24. The van der Waals surface area contributed by atoms with Crippen LogP contribution in [0.25, 0.3) is 16.9 Å². The summed E-state index contributed by atoms with van der Waals surface area (Å²) in [7, 11) is 0. The van der Waals surface area contributed by atoms with E-state index in [1.54, 1.807) is 20.8 Å². The van der Waals surface area contributed by atoms with E-state index < -0.39 is 29.0 Å². The minimum Gasteiger partial charge on any atom is -0.367 e. The summed E-state index contributed by atoms with van der Waals surface area (Å²) in [5, 5.41) is 6.63. The van der Waals surface area contributed by atoms with Gasteiger partial charge < -0.3 is 5.32 Å². The second-order valence-electron chi connectivity index (χ2n) is 5.81. The van der Waals surface area contributed by atoms with Gasteiger partial charge in [0.2, 0.25) is 0 Å². The molecule has 1 aromatic carbocycles. The predicted octanol–water partition coefficient (Wildman–Crippen LogP) is 4.32. The molecule has 9 heteroatoms. The Bertz CT molecular complexity index is 966. The molecule has 0 unspecified atom stereocenters. The molecule has 1 atom stereocenters. The number of rotatable bonds is 4. The van der Waals surface area contributed by atoms with Crippen molar-refractivity contribution in [3.05, 3.63) is 41.1 Å². The van der Waals surface area contributed by atoms with Crippen LogP contribution in [-0.4, -0.2) is 25.6 Å². The third kappa shape index (κ3) is 3.13. The normalized spacial score (nSPS) is 14.6. The fourth-order valence-electron chi connectivity index (χ4n) is 2.27. The smallest absolute Gasteiger partial charge is 0.255 e. The molecule has 0 bridgehead atoms. The third-order valence-corrected chi connectivity index (χ3v) is 4.09. The largest absolute Gasteiger partial charge is 0.367 e. The fourth-order valence-corrected chi connectivity index (χ4v) is 2.53. The first kappa shape index (κ1) is 16.1. The monoisotopic (exact) mass is 370 g/mol. The second kappa shape index (κ2) is 6.51. The van der Waals surface area contributed by atoms with Gasteiger partial charge in [0, 0.05) is 18.2 Å². The van der Waals surface area contributed by atoms with E-state index in [4.69, 9.17) is 13.0 Å². The average Bonchev–Trinajstić information content (AvgIpc) is 2.96. The van der Waals surface area contributed by atoms with E-state index in [-0.39, 0.29) is 28.2 Å². The molecule has 0 spiro atoms. The van der Waals surface area contributed by atoms with Crippen molar-refractivity contribution in [2.45, 2.75) is 26.8 Å². The lowest BCUT2D eigenvalue weighted by atomic mass is 10.0. The van der Waals surface area contributed by atoms with Crippen LogP contribution in [0.2, 0.25) is 5.15 Å². The van der Waals surface area contributed by atoms with Crippen LogP contribution < -0.4 is 5.32 Å². The van der Waals surface area contributed by atoms with Gasteiger partial charge in [-0.2, -0.15) is 19.6 Å². The van der Waals surface area contributed by atoms with Crippen molar-refractivity contribution in [3.8, 4) is 11.1 Å². The van der Waals surface area contributed by atoms with Gasteiger partial charge in [0.05, 0.1) is 12.5 Å². The molecule has 0 amide bonds. The van der Waals surface area contributed by atoms with Crippen molar-refractivity contribution >= 4 is 23.2 Å². The van der Waals surface area contributed by atoms with E-state index in [0.717, 1.165) is 0 Å². The summed E-state index contributed by atoms with van der Waals surface area (Å²) < 4.78 is 51.7. The minimum atomic E-state index is -1.23. The lowest BCUT2D eigenvalue weighted by molar-refractivity contribution is 0.546. The maximum Gasteiger partial charge on any atom is 0.255 e. The number of aromatic nitrogens is 4. The molecule has 3 rings (SSSR count). The number of nitrogens with one attached hydrogen (secondary N) is 1. The SMILES string of the molecule is [2H][C@](C)(Nc1c(-c2c(F)cc(F)cc2F)c(Cl)nc2ncnn12)C(C)C. The third-order valence-electron chi connectivity index (χ3n) is 3.82. The van der Waals surface area contributed by atoms with Crippen LogP contribution in [0.3, 0.4) is 0 Å². The van der Waals surface area contributed by atoms with Crippen molar-refractivity contribution in [3.63, 3.8) is 0 Å². The summed E-state index contributed by atoms with van der Waals surface area (Å²) >= 11 is 6.17. The van der Waals surface area contributed by atoms with Crippen LogP contribution in [0.1, 0.15) is 22.1 Å². The molecule has 0 aliphatic rings. The van der Waals surface area contributed by atoms with Crippen LogP contribution in [0.4, 0.5) is 19.0 Å². The molecule has 25 heavy (non-hydrogen) atoms. The highest BCUT2D eigenvalue weighted by Crippen LogP contribution is 2.38. The van der Waals surface area contributed by atoms with Crippen LogP contribution in [-0.2, 0) is 0 Å². The highest BCUT2D eigenvalue weighted by Gasteiger charge is 2.25. The molecule has 0 saturated carbocycles. The standard InChI is InChI=1S/C16H15ClF3N5/c1-7(2)8(3)23-15-13(12-10(19)4-9(18)5-11(12)20)14(17)24-16-21-6-22-25(15)16/h4-8,23H,1-3H3/t8-/m1/s1/i8D. The average molecular weight is 371 g/mol. The first-order chi connectivity index (χ1) is 12.1. The Hall–Kier alpha value is -2.35. The van der Waals surface area contributed by atoms with E-state index >= 15 is 0 Å². The Kier molecular flexibility index (Phi) is 4.20. The van der Waals surface area contributed by atoms with Crippen LogP contribution in [0.5, 0.6) is 0 Å². The highest BCUT2D eigenvalue weighted by atomic mass is 35.5. The van der Waals surface area contributed by atoms with Gasteiger partial charge in [-0.1, -0.05) is 25.4 Å². The quantitative estimate of drug-likeness (QED) is 0.695. The van der Waals surface area contributed by atoms with Gasteiger partial charge in [-0.15, -0.1) is 0 Å².